The Kier molecular flexibility index (Phi) is 6.37. The number of benzene rings is 2. The first kappa shape index (κ1) is 19.3. The van der Waals surface area contributed by atoms with E-state index < -0.39 is 0 Å². The molecule has 6 heteroatoms. The van der Waals surface area contributed by atoms with Gasteiger partial charge in [-0.25, -0.2) is 5.43 Å². The molecule has 0 aliphatic rings. The van der Waals surface area contributed by atoms with Crippen molar-refractivity contribution in [3.63, 3.8) is 0 Å². The van der Waals surface area contributed by atoms with E-state index in [1.165, 1.54) is 11.8 Å². The summed E-state index contributed by atoms with van der Waals surface area (Å²) >= 11 is 7.30. The van der Waals surface area contributed by atoms with E-state index in [1.54, 1.807) is 6.21 Å². The monoisotopic (exact) mass is 397 g/mol. The van der Waals surface area contributed by atoms with Gasteiger partial charge in [0.05, 0.1) is 12.0 Å². The van der Waals surface area contributed by atoms with E-state index in [1.807, 2.05) is 49.4 Å². The molecular formula is C21H20ClN3OS. The Labute approximate surface area is 168 Å². The third-order valence-electron chi connectivity index (χ3n) is 4.06. The van der Waals surface area contributed by atoms with Crippen LogP contribution in [0.3, 0.4) is 0 Å². The van der Waals surface area contributed by atoms with E-state index in [-0.39, 0.29) is 5.91 Å². The molecule has 4 nitrogen and oxygen atoms in total. The van der Waals surface area contributed by atoms with Gasteiger partial charge in [0.15, 0.2) is 0 Å². The van der Waals surface area contributed by atoms with E-state index >= 15 is 0 Å². The first-order valence-corrected chi connectivity index (χ1v) is 9.85. The van der Waals surface area contributed by atoms with E-state index in [0.29, 0.717) is 10.8 Å². The van der Waals surface area contributed by atoms with Crippen LogP contribution in [0.15, 0.2) is 70.7 Å². The summed E-state index contributed by atoms with van der Waals surface area (Å²) < 4.78 is 2.17. The standard InChI is InChI=1S/C21H20ClN3OS/c1-15-12-17(16(2)25(15)19-6-4-3-5-7-19)13-23-24-21(26)14-27-20-10-8-18(22)9-11-20/h3-13H,14H2,1-2H3,(H,24,26)/b23-13+. The van der Waals surface area contributed by atoms with Crippen molar-refractivity contribution in [2.24, 2.45) is 5.10 Å². The minimum absolute atomic E-state index is 0.150. The zero-order valence-electron chi connectivity index (χ0n) is 15.1. The number of thioether (sulfide) groups is 1. The van der Waals surface area contributed by atoms with Crippen molar-refractivity contribution in [3.05, 3.63) is 82.6 Å². The molecule has 3 aromatic rings. The molecule has 0 atom stereocenters. The molecule has 0 bridgehead atoms. The summed E-state index contributed by atoms with van der Waals surface area (Å²) in [6, 6.07) is 19.6. The summed E-state index contributed by atoms with van der Waals surface area (Å²) in [5, 5.41) is 4.79. The van der Waals surface area contributed by atoms with Crippen molar-refractivity contribution in [1.82, 2.24) is 9.99 Å². The molecular weight excluding hydrogens is 378 g/mol. The van der Waals surface area contributed by atoms with Gasteiger partial charge in [-0.2, -0.15) is 5.10 Å². The lowest BCUT2D eigenvalue weighted by molar-refractivity contribution is -0.118. The number of nitrogens with one attached hydrogen (secondary N) is 1. The molecule has 1 N–H and O–H groups in total. The molecule has 0 saturated heterocycles. The van der Waals surface area contributed by atoms with Gasteiger partial charge in [0, 0.05) is 32.6 Å². The maximum Gasteiger partial charge on any atom is 0.250 e. The highest BCUT2D eigenvalue weighted by Gasteiger charge is 2.09. The number of hydrogen-bond donors (Lipinski definition) is 1. The quantitative estimate of drug-likeness (QED) is 0.362. The van der Waals surface area contributed by atoms with Crippen LogP contribution < -0.4 is 5.43 Å². The molecule has 1 aromatic heterocycles. The van der Waals surface area contributed by atoms with Gasteiger partial charge in [-0.15, -0.1) is 11.8 Å². The first-order valence-electron chi connectivity index (χ1n) is 8.49. The fourth-order valence-electron chi connectivity index (χ4n) is 2.78. The number of nitrogens with zero attached hydrogens (tertiary/aromatic N) is 2. The molecule has 0 spiro atoms. The van der Waals surface area contributed by atoms with Gasteiger partial charge in [-0.1, -0.05) is 29.8 Å². The van der Waals surface area contributed by atoms with Crippen molar-refractivity contribution in [3.8, 4) is 5.69 Å². The molecule has 0 aliphatic carbocycles. The van der Waals surface area contributed by atoms with Gasteiger partial charge >= 0.3 is 0 Å². The third kappa shape index (κ3) is 5.02. The molecule has 138 valence electrons. The Morgan fingerprint density at radius 2 is 1.85 bits per heavy atom. The highest BCUT2D eigenvalue weighted by Crippen LogP contribution is 2.20. The summed E-state index contributed by atoms with van der Waals surface area (Å²) in [5.74, 6) is 0.144. The zero-order valence-corrected chi connectivity index (χ0v) is 16.7. The number of aromatic nitrogens is 1. The van der Waals surface area contributed by atoms with Crippen molar-refractivity contribution in [1.29, 1.82) is 0 Å². The number of hydrogen-bond acceptors (Lipinski definition) is 3. The Balaban J connectivity index is 1.60. The summed E-state index contributed by atoms with van der Waals surface area (Å²) in [6.07, 6.45) is 1.69. The lowest BCUT2D eigenvalue weighted by atomic mass is 10.2. The molecule has 3 rings (SSSR count). The van der Waals surface area contributed by atoms with Crippen molar-refractivity contribution < 1.29 is 4.79 Å². The predicted molar refractivity (Wildman–Crippen MR) is 113 cm³/mol. The zero-order chi connectivity index (χ0) is 19.2. The number of para-hydroxylation sites is 1. The fraction of sp³-hybridized carbons (Fsp3) is 0.143. The fourth-order valence-corrected chi connectivity index (χ4v) is 3.60. The average molecular weight is 398 g/mol. The second kappa shape index (κ2) is 8.93. The Morgan fingerprint density at radius 1 is 1.15 bits per heavy atom. The van der Waals surface area contributed by atoms with Gasteiger partial charge < -0.3 is 4.57 Å². The Hall–Kier alpha value is -2.50. The molecule has 1 amide bonds. The van der Waals surface area contributed by atoms with Crippen molar-refractivity contribution in [2.75, 3.05) is 5.75 Å². The summed E-state index contributed by atoms with van der Waals surface area (Å²) in [6.45, 7) is 4.10. The minimum Gasteiger partial charge on any atom is -0.318 e. The lowest BCUT2D eigenvalue weighted by Gasteiger charge is -2.08. The summed E-state index contributed by atoms with van der Waals surface area (Å²) in [4.78, 5) is 13.0. The number of rotatable bonds is 6. The second-order valence-electron chi connectivity index (χ2n) is 6.03. The minimum atomic E-state index is -0.150. The predicted octanol–water partition coefficient (Wildman–Crippen LogP) is 4.99. The van der Waals surface area contributed by atoms with Crippen molar-refractivity contribution >= 4 is 35.5 Å². The van der Waals surface area contributed by atoms with E-state index in [2.05, 4.69) is 40.2 Å². The molecule has 1 heterocycles. The number of carbonyl (C=O) groups is 1. The molecule has 27 heavy (non-hydrogen) atoms. The topological polar surface area (TPSA) is 46.4 Å². The smallest absolute Gasteiger partial charge is 0.250 e. The van der Waals surface area contributed by atoms with Crippen LogP contribution in [-0.2, 0) is 4.79 Å². The number of hydrazone groups is 1. The maximum absolute atomic E-state index is 12.0. The van der Waals surface area contributed by atoms with E-state index in [0.717, 1.165) is 27.5 Å². The normalized spacial score (nSPS) is 11.1. The van der Waals surface area contributed by atoms with Crippen LogP contribution in [0.2, 0.25) is 5.02 Å². The number of aryl methyl sites for hydroxylation is 1. The highest BCUT2D eigenvalue weighted by molar-refractivity contribution is 8.00. The van der Waals surface area contributed by atoms with Crippen molar-refractivity contribution in [2.45, 2.75) is 18.7 Å². The SMILES string of the molecule is Cc1cc(/C=N/NC(=O)CSc2ccc(Cl)cc2)c(C)n1-c1ccccc1. The summed E-state index contributed by atoms with van der Waals surface area (Å²) in [5.41, 5.74) is 6.86. The van der Waals surface area contributed by atoms with Gasteiger partial charge in [0.1, 0.15) is 0 Å². The number of halogens is 1. The molecule has 0 aliphatic heterocycles. The lowest BCUT2D eigenvalue weighted by Crippen LogP contribution is -2.19. The van der Waals surface area contributed by atoms with E-state index in [9.17, 15) is 4.79 Å². The van der Waals surface area contributed by atoms with Gasteiger partial charge in [0.2, 0.25) is 5.91 Å². The van der Waals surface area contributed by atoms with Gasteiger partial charge in [-0.05, 0) is 56.3 Å². The average Bonchev–Trinajstić information content (AvgIpc) is 2.95. The van der Waals surface area contributed by atoms with Crippen LogP contribution in [0.5, 0.6) is 0 Å². The van der Waals surface area contributed by atoms with Crippen LogP contribution in [0.1, 0.15) is 17.0 Å². The highest BCUT2D eigenvalue weighted by atomic mass is 35.5. The molecule has 2 aromatic carbocycles. The molecule has 0 saturated carbocycles. The Bertz CT molecular complexity index is 950. The van der Waals surface area contributed by atoms with Crippen LogP contribution in [-0.4, -0.2) is 22.4 Å². The number of amides is 1. The summed E-state index contributed by atoms with van der Waals surface area (Å²) in [7, 11) is 0. The molecule has 0 unspecified atom stereocenters. The van der Waals surface area contributed by atoms with Crippen LogP contribution >= 0.6 is 23.4 Å². The maximum atomic E-state index is 12.0. The van der Waals surface area contributed by atoms with E-state index in [4.69, 9.17) is 11.6 Å². The van der Waals surface area contributed by atoms with Crippen LogP contribution in [0, 0.1) is 13.8 Å². The van der Waals surface area contributed by atoms with Crippen LogP contribution in [0.4, 0.5) is 0 Å². The van der Waals surface area contributed by atoms with Crippen LogP contribution in [0.25, 0.3) is 5.69 Å². The van der Waals surface area contributed by atoms with Gasteiger partial charge in [-0.3, -0.25) is 4.79 Å². The molecule has 0 radical (unpaired) electrons. The second-order valence-corrected chi connectivity index (χ2v) is 7.52. The third-order valence-corrected chi connectivity index (χ3v) is 5.33. The first-order chi connectivity index (χ1) is 13.0. The Morgan fingerprint density at radius 3 is 2.56 bits per heavy atom. The largest absolute Gasteiger partial charge is 0.318 e. The number of carbonyl (C=O) groups excluding carboxylic acids is 1. The molecule has 0 fully saturated rings. The van der Waals surface area contributed by atoms with Gasteiger partial charge in [0.25, 0.3) is 0 Å².